The molecule has 0 saturated heterocycles. The second kappa shape index (κ2) is 4.05. The first-order chi connectivity index (χ1) is 6.04. The molecule has 0 aliphatic carbocycles. The Labute approximate surface area is 87.3 Å². The number of ketones is 1. The number of alkyl halides is 1. The first-order valence-electron chi connectivity index (χ1n) is 4.28. The van der Waals surface area contributed by atoms with Crippen molar-refractivity contribution in [1.82, 2.24) is 0 Å². The summed E-state index contributed by atoms with van der Waals surface area (Å²) in [5, 5.41) is 0. The molecule has 70 valence electrons. The van der Waals surface area contributed by atoms with Crippen LogP contribution >= 0.6 is 15.9 Å². The third-order valence-corrected chi connectivity index (χ3v) is 2.50. The van der Waals surface area contributed by atoms with Crippen LogP contribution in [0.2, 0.25) is 0 Å². The van der Waals surface area contributed by atoms with Gasteiger partial charge in [0.2, 0.25) is 0 Å². The highest BCUT2D eigenvalue weighted by Gasteiger charge is 2.15. The lowest BCUT2D eigenvalue weighted by molar-refractivity contribution is 0.0994. The number of carbonyl (C=O) groups is 1. The molecule has 0 saturated carbocycles. The molecular weight excluding hydrogens is 228 g/mol. The van der Waals surface area contributed by atoms with Crippen LogP contribution in [0.3, 0.4) is 0 Å². The minimum atomic E-state index is -0.104. The lowest BCUT2D eigenvalue weighted by atomic mass is 9.98. The van der Waals surface area contributed by atoms with Gasteiger partial charge in [-0.15, -0.1) is 0 Å². The number of Topliss-reactive ketones (excluding diaryl/α,β-unsaturated/α-hetero) is 1. The smallest absolute Gasteiger partial charge is 0.176 e. The normalized spacial score (nSPS) is 12.6. The van der Waals surface area contributed by atoms with Crippen LogP contribution in [0.15, 0.2) is 18.2 Å². The first kappa shape index (κ1) is 10.5. The van der Waals surface area contributed by atoms with Crippen molar-refractivity contribution in [3.05, 3.63) is 34.9 Å². The molecule has 0 aromatic heterocycles. The van der Waals surface area contributed by atoms with Crippen LogP contribution < -0.4 is 0 Å². The molecule has 0 bridgehead atoms. The number of rotatable bonds is 2. The fourth-order valence-corrected chi connectivity index (χ4v) is 1.63. The highest BCUT2D eigenvalue weighted by atomic mass is 79.9. The summed E-state index contributed by atoms with van der Waals surface area (Å²) in [7, 11) is 0. The van der Waals surface area contributed by atoms with Crippen LogP contribution in [-0.4, -0.2) is 10.6 Å². The summed E-state index contributed by atoms with van der Waals surface area (Å²) in [6, 6.07) is 5.91. The van der Waals surface area contributed by atoms with Gasteiger partial charge in [-0.05, 0) is 31.9 Å². The second-order valence-electron chi connectivity index (χ2n) is 3.25. The average Bonchev–Trinajstić information content (AvgIpc) is 2.03. The SMILES string of the molecule is Cc1cccc(C)c1C(=O)C(C)Br. The van der Waals surface area contributed by atoms with E-state index in [0.717, 1.165) is 16.7 Å². The largest absolute Gasteiger partial charge is 0.293 e. The quantitative estimate of drug-likeness (QED) is 0.573. The summed E-state index contributed by atoms with van der Waals surface area (Å²) in [5.74, 6) is 0.163. The average molecular weight is 241 g/mol. The number of aryl methyl sites for hydroxylation is 2. The summed E-state index contributed by atoms with van der Waals surface area (Å²) in [6.07, 6.45) is 0. The van der Waals surface area contributed by atoms with Gasteiger partial charge in [-0.2, -0.15) is 0 Å². The zero-order valence-corrected chi connectivity index (χ0v) is 9.68. The van der Waals surface area contributed by atoms with Crippen LogP contribution in [0.4, 0.5) is 0 Å². The van der Waals surface area contributed by atoms with E-state index in [1.54, 1.807) is 0 Å². The Bertz CT molecular complexity index is 309. The Kier molecular flexibility index (Phi) is 3.26. The van der Waals surface area contributed by atoms with E-state index in [1.165, 1.54) is 0 Å². The van der Waals surface area contributed by atoms with Gasteiger partial charge >= 0.3 is 0 Å². The van der Waals surface area contributed by atoms with Crippen molar-refractivity contribution in [2.75, 3.05) is 0 Å². The molecule has 2 heteroatoms. The Morgan fingerprint density at radius 3 is 2.15 bits per heavy atom. The molecule has 0 aliphatic heterocycles. The Morgan fingerprint density at radius 1 is 1.31 bits per heavy atom. The van der Waals surface area contributed by atoms with E-state index in [-0.39, 0.29) is 10.6 Å². The van der Waals surface area contributed by atoms with Crippen LogP contribution in [0.25, 0.3) is 0 Å². The lowest BCUT2D eigenvalue weighted by Crippen LogP contribution is -2.13. The Morgan fingerprint density at radius 2 is 1.77 bits per heavy atom. The summed E-state index contributed by atoms with van der Waals surface area (Å²) >= 11 is 3.30. The van der Waals surface area contributed by atoms with Gasteiger partial charge in [0, 0.05) is 5.56 Å². The number of halogens is 1. The van der Waals surface area contributed by atoms with Gasteiger partial charge in [0.1, 0.15) is 0 Å². The molecule has 0 aliphatic rings. The molecule has 0 radical (unpaired) electrons. The summed E-state index contributed by atoms with van der Waals surface area (Å²) < 4.78 is 0. The summed E-state index contributed by atoms with van der Waals surface area (Å²) in [4.78, 5) is 11.6. The molecular formula is C11H13BrO. The van der Waals surface area contributed by atoms with Gasteiger partial charge in [0.15, 0.2) is 5.78 Å². The maximum absolute atomic E-state index is 11.7. The van der Waals surface area contributed by atoms with E-state index in [9.17, 15) is 4.79 Å². The van der Waals surface area contributed by atoms with Crippen LogP contribution in [0, 0.1) is 13.8 Å². The van der Waals surface area contributed by atoms with E-state index in [4.69, 9.17) is 0 Å². The van der Waals surface area contributed by atoms with E-state index >= 15 is 0 Å². The molecule has 0 spiro atoms. The van der Waals surface area contributed by atoms with Gasteiger partial charge in [0.05, 0.1) is 4.83 Å². The molecule has 1 nitrogen and oxygen atoms in total. The number of hydrogen-bond donors (Lipinski definition) is 0. The van der Waals surface area contributed by atoms with E-state index in [2.05, 4.69) is 15.9 Å². The van der Waals surface area contributed by atoms with Gasteiger partial charge in [-0.25, -0.2) is 0 Å². The van der Waals surface area contributed by atoms with Crippen molar-refractivity contribution in [2.24, 2.45) is 0 Å². The minimum absolute atomic E-state index is 0.104. The first-order valence-corrected chi connectivity index (χ1v) is 5.20. The molecule has 13 heavy (non-hydrogen) atoms. The monoisotopic (exact) mass is 240 g/mol. The second-order valence-corrected chi connectivity index (χ2v) is 4.62. The molecule has 1 aromatic carbocycles. The standard InChI is InChI=1S/C11H13BrO/c1-7-5-4-6-8(2)10(7)11(13)9(3)12/h4-6,9H,1-3H3. The zero-order chi connectivity index (χ0) is 10.0. The van der Waals surface area contributed by atoms with Crippen LogP contribution in [-0.2, 0) is 0 Å². The van der Waals surface area contributed by atoms with Gasteiger partial charge in [0.25, 0.3) is 0 Å². The number of benzene rings is 1. The van der Waals surface area contributed by atoms with E-state index in [1.807, 2.05) is 39.0 Å². The Balaban J connectivity index is 3.20. The van der Waals surface area contributed by atoms with Gasteiger partial charge < -0.3 is 0 Å². The van der Waals surface area contributed by atoms with Gasteiger partial charge in [-0.3, -0.25) is 4.79 Å². The highest BCUT2D eigenvalue weighted by Crippen LogP contribution is 2.17. The van der Waals surface area contributed by atoms with Crippen LogP contribution in [0.5, 0.6) is 0 Å². The van der Waals surface area contributed by atoms with Crippen molar-refractivity contribution in [3.8, 4) is 0 Å². The van der Waals surface area contributed by atoms with E-state index < -0.39 is 0 Å². The van der Waals surface area contributed by atoms with E-state index in [0.29, 0.717) is 0 Å². The number of hydrogen-bond acceptors (Lipinski definition) is 1. The molecule has 0 fully saturated rings. The zero-order valence-electron chi connectivity index (χ0n) is 8.10. The third-order valence-electron chi connectivity index (χ3n) is 2.09. The molecule has 1 atom stereocenters. The fraction of sp³-hybridized carbons (Fsp3) is 0.364. The fourth-order valence-electron chi connectivity index (χ4n) is 1.40. The summed E-state index contributed by atoms with van der Waals surface area (Å²) in [6.45, 7) is 5.79. The molecule has 0 N–H and O–H groups in total. The van der Waals surface area contributed by atoms with Gasteiger partial charge in [-0.1, -0.05) is 34.1 Å². The molecule has 1 unspecified atom stereocenters. The van der Waals surface area contributed by atoms with Crippen molar-refractivity contribution < 1.29 is 4.79 Å². The van der Waals surface area contributed by atoms with Crippen molar-refractivity contribution >= 4 is 21.7 Å². The summed E-state index contributed by atoms with van der Waals surface area (Å²) in [5.41, 5.74) is 2.96. The molecule has 1 aromatic rings. The maximum atomic E-state index is 11.7. The molecule has 1 rings (SSSR count). The maximum Gasteiger partial charge on any atom is 0.176 e. The molecule has 0 heterocycles. The topological polar surface area (TPSA) is 17.1 Å². The Hall–Kier alpha value is -0.630. The van der Waals surface area contributed by atoms with Crippen molar-refractivity contribution in [1.29, 1.82) is 0 Å². The third kappa shape index (κ3) is 2.19. The van der Waals surface area contributed by atoms with Crippen LogP contribution in [0.1, 0.15) is 28.4 Å². The highest BCUT2D eigenvalue weighted by molar-refractivity contribution is 9.10. The number of carbonyl (C=O) groups excluding carboxylic acids is 1. The minimum Gasteiger partial charge on any atom is -0.293 e. The van der Waals surface area contributed by atoms with Crippen molar-refractivity contribution in [3.63, 3.8) is 0 Å². The molecule has 0 amide bonds. The lowest BCUT2D eigenvalue weighted by Gasteiger charge is -2.09. The van der Waals surface area contributed by atoms with Crippen molar-refractivity contribution in [2.45, 2.75) is 25.6 Å². The predicted molar refractivity (Wildman–Crippen MR) is 58.6 cm³/mol. The predicted octanol–water partition coefficient (Wildman–Crippen LogP) is 3.27.